The van der Waals surface area contributed by atoms with E-state index in [9.17, 15) is 0 Å². The lowest BCUT2D eigenvalue weighted by atomic mass is 10.3. The van der Waals surface area contributed by atoms with Crippen LogP contribution in [0.15, 0.2) is 23.2 Å². The molecule has 15 heavy (non-hydrogen) atoms. The number of rotatable bonds is 3. The molecule has 0 amide bonds. The Morgan fingerprint density at radius 1 is 1.47 bits per heavy atom. The maximum absolute atomic E-state index is 5.97. The van der Waals surface area contributed by atoms with Gasteiger partial charge in [-0.2, -0.15) is 0 Å². The average Bonchev–Trinajstić information content (AvgIpc) is 2.22. The first-order valence-electron chi connectivity index (χ1n) is 4.66. The summed E-state index contributed by atoms with van der Waals surface area (Å²) in [6, 6.07) is 5.31. The second kappa shape index (κ2) is 5.83. The van der Waals surface area contributed by atoms with Crippen molar-refractivity contribution in [3.63, 3.8) is 0 Å². The summed E-state index contributed by atoms with van der Waals surface area (Å²) in [5.41, 5.74) is 6.32. The molecule has 82 valence electrons. The molecule has 0 heterocycles. The zero-order valence-electron chi connectivity index (χ0n) is 8.43. The Morgan fingerprint density at radius 2 is 2.20 bits per heavy atom. The number of hydrogen-bond donors (Lipinski definition) is 2. The molecule has 0 aliphatic carbocycles. The number of benzene rings is 1. The maximum Gasteiger partial charge on any atom is 0.193 e. The Morgan fingerprint density at radius 3 is 2.87 bits per heavy atom. The first kappa shape index (κ1) is 12.1. The first-order valence-corrected chi connectivity index (χ1v) is 5.41. The van der Waals surface area contributed by atoms with Gasteiger partial charge in [-0.15, -0.1) is 0 Å². The lowest BCUT2D eigenvalue weighted by molar-refractivity contribution is 0.929. The largest absolute Gasteiger partial charge is 0.370 e. The Hall–Kier alpha value is -0.930. The highest BCUT2D eigenvalue weighted by Gasteiger charge is 2.04. The van der Waals surface area contributed by atoms with Gasteiger partial charge in [-0.1, -0.05) is 36.2 Å². The monoisotopic (exact) mass is 245 g/mol. The van der Waals surface area contributed by atoms with Crippen molar-refractivity contribution in [1.82, 2.24) is 0 Å². The number of aliphatic imine (C=N–C) groups is 1. The van der Waals surface area contributed by atoms with Crippen molar-refractivity contribution in [2.45, 2.75) is 13.3 Å². The van der Waals surface area contributed by atoms with Gasteiger partial charge in [-0.05, 0) is 18.6 Å². The molecule has 0 aromatic heterocycles. The van der Waals surface area contributed by atoms with Gasteiger partial charge in [0.2, 0.25) is 0 Å². The fourth-order valence-electron chi connectivity index (χ4n) is 1.01. The molecule has 0 radical (unpaired) electrons. The van der Waals surface area contributed by atoms with Crippen LogP contribution in [0.1, 0.15) is 13.3 Å². The van der Waals surface area contributed by atoms with Crippen LogP contribution in [-0.4, -0.2) is 12.5 Å². The third-order valence-electron chi connectivity index (χ3n) is 1.72. The van der Waals surface area contributed by atoms with Crippen molar-refractivity contribution in [1.29, 1.82) is 0 Å². The summed E-state index contributed by atoms with van der Waals surface area (Å²) in [5, 5.41) is 3.84. The van der Waals surface area contributed by atoms with Gasteiger partial charge in [0, 0.05) is 6.54 Å². The van der Waals surface area contributed by atoms with Gasteiger partial charge < -0.3 is 11.1 Å². The van der Waals surface area contributed by atoms with E-state index in [-0.39, 0.29) is 0 Å². The minimum Gasteiger partial charge on any atom is -0.370 e. The third kappa shape index (κ3) is 3.61. The van der Waals surface area contributed by atoms with Gasteiger partial charge in [-0.3, -0.25) is 4.99 Å². The van der Waals surface area contributed by atoms with Crippen molar-refractivity contribution in [3.05, 3.63) is 28.2 Å². The van der Waals surface area contributed by atoms with E-state index in [1.807, 2.05) is 6.92 Å². The van der Waals surface area contributed by atoms with Gasteiger partial charge in [0.05, 0.1) is 15.7 Å². The van der Waals surface area contributed by atoms with Gasteiger partial charge in [-0.25, -0.2) is 0 Å². The van der Waals surface area contributed by atoms with Crippen LogP contribution in [0.4, 0.5) is 5.69 Å². The molecule has 0 saturated carbocycles. The quantitative estimate of drug-likeness (QED) is 0.635. The molecule has 0 unspecified atom stereocenters. The molecule has 0 aliphatic heterocycles. The van der Waals surface area contributed by atoms with E-state index in [0.717, 1.165) is 6.42 Å². The summed E-state index contributed by atoms with van der Waals surface area (Å²) in [4.78, 5) is 4.09. The van der Waals surface area contributed by atoms with E-state index < -0.39 is 0 Å². The topological polar surface area (TPSA) is 50.4 Å². The summed E-state index contributed by atoms with van der Waals surface area (Å²) in [7, 11) is 0. The summed E-state index contributed by atoms with van der Waals surface area (Å²) in [5.74, 6) is 0.348. The molecule has 1 rings (SSSR count). The molecular weight excluding hydrogens is 233 g/mol. The van der Waals surface area contributed by atoms with Crippen LogP contribution in [-0.2, 0) is 0 Å². The lowest BCUT2D eigenvalue weighted by Crippen LogP contribution is -2.23. The third-order valence-corrected chi connectivity index (χ3v) is 2.54. The number of nitrogens with zero attached hydrogens (tertiary/aromatic N) is 1. The van der Waals surface area contributed by atoms with Crippen LogP contribution in [0.3, 0.4) is 0 Å². The van der Waals surface area contributed by atoms with Crippen LogP contribution in [0.5, 0.6) is 0 Å². The minimum atomic E-state index is 0.348. The minimum absolute atomic E-state index is 0.348. The summed E-state index contributed by atoms with van der Waals surface area (Å²) in [6.07, 6.45) is 0.950. The predicted molar refractivity (Wildman–Crippen MR) is 66.9 cm³/mol. The first-order chi connectivity index (χ1) is 7.15. The van der Waals surface area contributed by atoms with Gasteiger partial charge in [0.25, 0.3) is 0 Å². The Bertz CT molecular complexity index is 364. The SMILES string of the molecule is CCCN=C(N)Nc1cccc(Cl)c1Cl. The van der Waals surface area contributed by atoms with Crippen molar-refractivity contribution in [2.75, 3.05) is 11.9 Å². The van der Waals surface area contributed by atoms with E-state index in [1.165, 1.54) is 0 Å². The second-order valence-corrected chi connectivity index (χ2v) is 3.78. The predicted octanol–water partition coefficient (Wildman–Crippen LogP) is 3.13. The van der Waals surface area contributed by atoms with Gasteiger partial charge in [0.15, 0.2) is 5.96 Å². The fraction of sp³-hybridized carbons (Fsp3) is 0.300. The molecule has 3 nitrogen and oxygen atoms in total. The van der Waals surface area contributed by atoms with Crippen molar-refractivity contribution >= 4 is 34.8 Å². The van der Waals surface area contributed by atoms with Crippen molar-refractivity contribution < 1.29 is 0 Å². The Kier molecular flexibility index (Phi) is 4.72. The number of guanidine groups is 1. The molecule has 0 fully saturated rings. The molecule has 0 aliphatic rings. The molecule has 3 N–H and O–H groups in total. The average molecular weight is 246 g/mol. The Balaban J connectivity index is 2.76. The molecule has 1 aromatic rings. The number of halogens is 2. The smallest absolute Gasteiger partial charge is 0.193 e. The van der Waals surface area contributed by atoms with Gasteiger partial charge in [0.1, 0.15) is 0 Å². The molecule has 5 heteroatoms. The van der Waals surface area contributed by atoms with E-state index in [2.05, 4.69) is 10.3 Å². The standard InChI is InChI=1S/C10H13Cl2N3/c1-2-6-14-10(13)15-8-5-3-4-7(11)9(8)12/h3-5H,2,6H2,1H3,(H3,13,14,15). The Labute approximate surface area is 99.3 Å². The number of nitrogens with one attached hydrogen (secondary N) is 1. The molecular formula is C10H13Cl2N3. The zero-order valence-corrected chi connectivity index (χ0v) is 9.94. The van der Waals surface area contributed by atoms with Gasteiger partial charge >= 0.3 is 0 Å². The van der Waals surface area contributed by atoms with Crippen LogP contribution in [0.2, 0.25) is 10.0 Å². The van der Waals surface area contributed by atoms with E-state index in [4.69, 9.17) is 28.9 Å². The highest BCUT2D eigenvalue weighted by Crippen LogP contribution is 2.29. The van der Waals surface area contributed by atoms with E-state index in [1.54, 1.807) is 18.2 Å². The molecule has 0 spiro atoms. The summed E-state index contributed by atoms with van der Waals surface area (Å²) >= 11 is 11.8. The molecule has 1 aromatic carbocycles. The number of hydrogen-bond acceptors (Lipinski definition) is 1. The highest BCUT2D eigenvalue weighted by molar-refractivity contribution is 6.43. The molecule has 0 atom stereocenters. The van der Waals surface area contributed by atoms with E-state index >= 15 is 0 Å². The van der Waals surface area contributed by atoms with Crippen LogP contribution >= 0.6 is 23.2 Å². The fourth-order valence-corrected chi connectivity index (χ4v) is 1.36. The van der Waals surface area contributed by atoms with Crippen LogP contribution < -0.4 is 11.1 Å². The second-order valence-electron chi connectivity index (χ2n) is 2.99. The molecule has 0 bridgehead atoms. The van der Waals surface area contributed by atoms with Crippen molar-refractivity contribution in [3.8, 4) is 0 Å². The highest BCUT2D eigenvalue weighted by atomic mass is 35.5. The zero-order chi connectivity index (χ0) is 11.3. The number of anilines is 1. The normalized spacial score (nSPS) is 11.5. The van der Waals surface area contributed by atoms with Crippen LogP contribution in [0, 0.1) is 0 Å². The summed E-state index contributed by atoms with van der Waals surface area (Å²) in [6.45, 7) is 2.72. The van der Waals surface area contributed by atoms with Crippen LogP contribution in [0.25, 0.3) is 0 Å². The number of nitrogens with two attached hydrogens (primary N) is 1. The lowest BCUT2D eigenvalue weighted by Gasteiger charge is -2.08. The van der Waals surface area contributed by atoms with Crippen molar-refractivity contribution in [2.24, 2.45) is 10.7 Å². The summed E-state index contributed by atoms with van der Waals surface area (Å²) < 4.78 is 0. The maximum atomic E-state index is 5.97. The van der Waals surface area contributed by atoms with E-state index in [0.29, 0.717) is 28.2 Å². The molecule has 0 saturated heterocycles.